The summed E-state index contributed by atoms with van der Waals surface area (Å²) in [7, 11) is 1.39. The van der Waals surface area contributed by atoms with Gasteiger partial charge in [-0.3, -0.25) is 14.9 Å². The minimum Gasteiger partial charge on any atom is -0.456 e. The molecule has 0 fully saturated rings. The molecule has 0 unspecified atom stereocenters. The zero-order valence-corrected chi connectivity index (χ0v) is 13.7. The highest BCUT2D eigenvalue weighted by atomic mass is 32.2. The van der Waals surface area contributed by atoms with Crippen LogP contribution in [0.1, 0.15) is 17.5 Å². The summed E-state index contributed by atoms with van der Waals surface area (Å²) in [5, 5.41) is 4.24. The summed E-state index contributed by atoms with van der Waals surface area (Å²) in [5.41, 5.74) is 2.43. The molecule has 0 spiro atoms. The molecule has 0 atom stereocenters. The Morgan fingerprint density at radius 1 is 1.18 bits per heavy atom. The van der Waals surface area contributed by atoms with Crippen LogP contribution >= 0.6 is 11.8 Å². The van der Waals surface area contributed by atoms with E-state index < -0.39 is 24.5 Å². The van der Waals surface area contributed by atoms with Gasteiger partial charge in [-0.25, -0.2) is 4.79 Å². The average molecular weight is 324 g/mol. The van der Waals surface area contributed by atoms with Gasteiger partial charge >= 0.3 is 12.0 Å². The summed E-state index contributed by atoms with van der Waals surface area (Å²) in [6.45, 7) is 3.63. The zero-order valence-electron chi connectivity index (χ0n) is 12.9. The lowest BCUT2D eigenvalue weighted by atomic mass is 10.1. The molecule has 22 heavy (non-hydrogen) atoms. The standard InChI is InChI=1S/C15H20N2O4S/c1-10-4-5-12(8-11(10)2)22-7-6-14(19)21-9-13(18)17-15(20)16-3/h4-5,8H,6-7,9H2,1-3H3,(H2,16,17,18,20). The van der Waals surface area contributed by atoms with Crippen molar-refractivity contribution in [1.29, 1.82) is 0 Å². The van der Waals surface area contributed by atoms with E-state index in [0.717, 1.165) is 4.90 Å². The molecule has 2 N–H and O–H groups in total. The highest BCUT2D eigenvalue weighted by molar-refractivity contribution is 7.99. The minimum absolute atomic E-state index is 0.199. The summed E-state index contributed by atoms with van der Waals surface area (Å²) in [4.78, 5) is 34.7. The number of carbonyl (C=O) groups is 3. The Bertz CT molecular complexity index is 560. The zero-order chi connectivity index (χ0) is 16.5. The number of imide groups is 1. The first-order valence-electron chi connectivity index (χ1n) is 6.79. The van der Waals surface area contributed by atoms with Gasteiger partial charge in [0.1, 0.15) is 0 Å². The van der Waals surface area contributed by atoms with Crippen LogP contribution < -0.4 is 10.6 Å². The SMILES string of the molecule is CNC(=O)NC(=O)COC(=O)CCSc1ccc(C)c(C)c1. The van der Waals surface area contributed by atoms with Crippen LogP contribution in [-0.2, 0) is 14.3 Å². The predicted molar refractivity (Wildman–Crippen MR) is 84.8 cm³/mol. The van der Waals surface area contributed by atoms with Gasteiger partial charge in [0, 0.05) is 17.7 Å². The number of nitrogens with one attached hydrogen (secondary N) is 2. The van der Waals surface area contributed by atoms with Gasteiger partial charge in [-0.2, -0.15) is 0 Å². The third kappa shape index (κ3) is 6.62. The van der Waals surface area contributed by atoms with Gasteiger partial charge < -0.3 is 10.1 Å². The maximum absolute atomic E-state index is 11.5. The monoisotopic (exact) mass is 324 g/mol. The quantitative estimate of drug-likeness (QED) is 0.615. The number of hydrogen-bond acceptors (Lipinski definition) is 5. The lowest BCUT2D eigenvalue weighted by Crippen LogP contribution is -2.39. The Balaban J connectivity index is 2.24. The second kappa shape index (κ2) is 9.09. The smallest absolute Gasteiger partial charge is 0.321 e. The summed E-state index contributed by atoms with van der Waals surface area (Å²) >= 11 is 1.55. The van der Waals surface area contributed by atoms with Crippen LogP contribution in [0.4, 0.5) is 4.79 Å². The summed E-state index contributed by atoms with van der Waals surface area (Å²) < 4.78 is 4.79. The number of ether oxygens (including phenoxy) is 1. The molecule has 0 saturated heterocycles. The van der Waals surface area contributed by atoms with E-state index in [2.05, 4.69) is 11.4 Å². The van der Waals surface area contributed by atoms with E-state index in [-0.39, 0.29) is 6.42 Å². The Morgan fingerprint density at radius 2 is 1.91 bits per heavy atom. The van der Waals surface area contributed by atoms with Gasteiger partial charge in [-0.15, -0.1) is 11.8 Å². The lowest BCUT2D eigenvalue weighted by Gasteiger charge is -2.06. The van der Waals surface area contributed by atoms with Gasteiger partial charge in [-0.05, 0) is 37.1 Å². The number of rotatable bonds is 6. The third-order valence-corrected chi connectivity index (χ3v) is 3.89. The summed E-state index contributed by atoms with van der Waals surface area (Å²) in [6, 6.07) is 5.49. The average Bonchev–Trinajstić information content (AvgIpc) is 2.48. The van der Waals surface area contributed by atoms with Crippen molar-refractivity contribution in [2.45, 2.75) is 25.2 Å². The normalized spacial score (nSPS) is 9.95. The topological polar surface area (TPSA) is 84.5 Å². The number of urea groups is 1. The molecule has 7 heteroatoms. The molecular formula is C15H20N2O4S. The summed E-state index contributed by atoms with van der Waals surface area (Å²) in [5.74, 6) is -0.559. The molecule has 1 aromatic rings. The molecule has 120 valence electrons. The van der Waals surface area contributed by atoms with E-state index >= 15 is 0 Å². The van der Waals surface area contributed by atoms with Crippen molar-refractivity contribution in [2.75, 3.05) is 19.4 Å². The summed E-state index contributed by atoms with van der Waals surface area (Å²) in [6.07, 6.45) is 0.199. The first-order chi connectivity index (χ1) is 10.4. The molecule has 0 radical (unpaired) electrons. The minimum atomic E-state index is -0.658. The lowest BCUT2D eigenvalue weighted by molar-refractivity contribution is -0.147. The Labute approximate surface area is 134 Å². The number of thioether (sulfide) groups is 1. The molecule has 0 saturated carbocycles. The molecule has 0 heterocycles. The van der Waals surface area contributed by atoms with Gasteiger partial charge in [0.2, 0.25) is 0 Å². The number of esters is 1. The van der Waals surface area contributed by atoms with Crippen LogP contribution in [0.15, 0.2) is 23.1 Å². The molecule has 0 aliphatic heterocycles. The number of hydrogen-bond donors (Lipinski definition) is 2. The van der Waals surface area contributed by atoms with Crippen LogP contribution in [0.25, 0.3) is 0 Å². The second-order valence-corrected chi connectivity index (χ2v) is 5.80. The Hall–Kier alpha value is -2.02. The molecule has 3 amide bonds. The molecule has 6 nitrogen and oxygen atoms in total. The van der Waals surface area contributed by atoms with Crippen molar-refractivity contribution >= 4 is 29.7 Å². The van der Waals surface area contributed by atoms with E-state index in [1.54, 1.807) is 11.8 Å². The first kappa shape index (κ1) is 18.0. The van der Waals surface area contributed by atoms with Gasteiger partial charge in [0.15, 0.2) is 6.61 Å². The number of amides is 3. The molecule has 0 bridgehead atoms. The molecule has 0 aliphatic carbocycles. The number of benzene rings is 1. The van der Waals surface area contributed by atoms with E-state index in [9.17, 15) is 14.4 Å². The van der Waals surface area contributed by atoms with Crippen LogP contribution in [0.3, 0.4) is 0 Å². The number of aryl methyl sites for hydroxylation is 2. The maximum atomic E-state index is 11.5. The fourth-order valence-corrected chi connectivity index (χ4v) is 2.43. The van der Waals surface area contributed by atoms with E-state index in [4.69, 9.17) is 4.74 Å². The molecule has 0 aromatic heterocycles. The Morgan fingerprint density at radius 3 is 2.55 bits per heavy atom. The van der Waals surface area contributed by atoms with Crippen LogP contribution in [0.5, 0.6) is 0 Å². The van der Waals surface area contributed by atoms with Crippen molar-refractivity contribution in [3.8, 4) is 0 Å². The highest BCUT2D eigenvalue weighted by Gasteiger charge is 2.10. The highest BCUT2D eigenvalue weighted by Crippen LogP contribution is 2.21. The van der Waals surface area contributed by atoms with Crippen molar-refractivity contribution in [1.82, 2.24) is 10.6 Å². The van der Waals surface area contributed by atoms with E-state index in [1.165, 1.54) is 18.2 Å². The molecule has 1 rings (SSSR count). The van der Waals surface area contributed by atoms with E-state index in [0.29, 0.717) is 5.75 Å². The Kier molecular flexibility index (Phi) is 7.45. The van der Waals surface area contributed by atoms with Crippen molar-refractivity contribution < 1.29 is 19.1 Å². The fourth-order valence-electron chi connectivity index (χ4n) is 1.50. The van der Waals surface area contributed by atoms with Crippen LogP contribution in [-0.4, -0.2) is 37.3 Å². The molecule has 1 aromatic carbocycles. The van der Waals surface area contributed by atoms with Crippen LogP contribution in [0.2, 0.25) is 0 Å². The number of carbonyl (C=O) groups excluding carboxylic acids is 3. The van der Waals surface area contributed by atoms with Gasteiger partial charge in [0.05, 0.1) is 6.42 Å². The van der Waals surface area contributed by atoms with Crippen LogP contribution in [0, 0.1) is 13.8 Å². The van der Waals surface area contributed by atoms with Gasteiger partial charge in [-0.1, -0.05) is 6.07 Å². The van der Waals surface area contributed by atoms with Gasteiger partial charge in [0.25, 0.3) is 5.91 Å². The largest absolute Gasteiger partial charge is 0.456 e. The first-order valence-corrected chi connectivity index (χ1v) is 7.78. The maximum Gasteiger partial charge on any atom is 0.321 e. The fraction of sp³-hybridized carbons (Fsp3) is 0.400. The third-order valence-electron chi connectivity index (χ3n) is 2.90. The molecular weight excluding hydrogens is 304 g/mol. The van der Waals surface area contributed by atoms with E-state index in [1.807, 2.05) is 31.3 Å². The predicted octanol–water partition coefficient (Wildman–Crippen LogP) is 1.78. The molecule has 0 aliphatic rings. The second-order valence-electron chi connectivity index (χ2n) is 4.63. The van der Waals surface area contributed by atoms with Crippen molar-refractivity contribution in [3.63, 3.8) is 0 Å². The van der Waals surface area contributed by atoms with Crippen molar-refractivity contribution in [3.05, 3.63) is 29.3 Å². The van der Waals surface area contributed by atoms with Crippen molar-refractivity contribution in [2.24, 2.45) is 0 Å².